The fourth-order valence-electron chi connectivity index (χ4n) is 0.953. The van der Waals surface area contributed by atoms with Crippen molar-refractivity contribution in [1.82, 2.24) is 4.98 Å². The van der Waals surface area contributed by atoms with E-state index in [4.69, 9.17) is 5.14 Å². The zero-order valence-electron chi connectivity index (χ0n) is 7.54. The fraction of sp³-hybridized carbons (Fsp3) is 0.286. The Labute approximate surface area is 99.1 Å². The van der Waals surface area contributed by atoms with Gasteiger partial charge in [-0.1, -0.05) is 0 Å². The third kappa shape index (κ3) is 2.82. The standard InChI is InChI=1S/C7H7F2IN2O2S/c1-3-2-4(6(8)9)12-7(5(3)10)15(11,13)14/h2,6H,1H3,(H2,11,13,14). The highest BCUT2D eigenvalue weighted by Gasteiger charge is 2.20. The van der Waals surface area contributed by atoms with Crippen LogP contribution in [0.25, 0.3) is 0 Å². The molecule has 0 saturated carbocycles. The van der Waals surface area contributed by atoms with Gasteiger partial charge in [0.05, 0.1) is 3.57 Å². The van der Waals surface area contributed by atoms with Crippen LogP contribution in [0, 0.1) is 10.5 Å². The van der Waals surface area contributed by atoms with Crippen molar-refractivity contribution < 1.29 is 17.2 Å². The average Bonchev–Trinajstić information content (AvgIpc) is 2.06. The molecule has 0 aliphatic heterocycles. The van der Waals surface area contributed by atoms with E-state index in [1.807, 2.05) is 0 Å². The Hall–Kier alpha value is -0.350. The molecule has 0 amide bonds. The summed E-state index contributed by atoms with van der Waals surface area (Å²) in [7, 11) is -4.06. The van der Waals surface area contributed by atoms with E-state index in [2.05, 4.69) is 4.98 Å². The van der Waals surface area contributed by atoms with E-state index in [1.54, 1.807) is 22.6 Å². The minimum atomic E-state index is -4.06. The molecule has 0 aliphatic carbocycles. The van der Waals surface area contributed by atoms with Crippen LogP contribution in [-0.4, -0.2) is 13.4 Å². The van der Waals surface area contributed by atoms with Gasteiger partial charge >= 0.3 is 0 Å². The van der Waals surface area contributed by atoms with Crippen molar-refractivity contribution in [2.75, 3.05) is 0 Å². The van der Waals surface area contributed by atoms with E-state index >= 15 is 0 Å². The molecule has 0 bridgehead atoms. The molecular weight excluding hydrogens is 341 g/mol. The highest BCUT2D eigenvalue weighted by molar-refractivity contribution is 14.1. The smallest absolute Gasteiger partial charge is 0.233 e. The molecule has 4 nitrogen and oxygen atoms in total. The summed E-state index contributed by atoms with van der Waals surface area (Å²) in [5, 5.41) is 4.35. The predicted molar refractivity (Wildman–Crippen MR) is 58.0 cm³/mol. The normalized spacial score (nSPS) is 12.1. The van der Waals surface area contributed by atoms with Crippen LogP contribution >= 0.6 is 22.6 Å². The van der Waals surface area contributed by atoms with Gasteiger partial charge < -0.3 is 0 Å². The molecule has 1 heterocycles. The first-order valence-electron chi connectivity index (χ1n) is 3.71. The SMILES string of the molecule is Cc1cc(C(F)F)nc(S(N)(=O)=O)c1I. The first kappa shape index (κ1) is 12.7. The second-order valence-electron chi connectivity index (χ2n) is 2.83. The zero-order valence-corrected chi connectivity index (χ0v) is 10.5. The van der Waals surface area contributed by atoms with Gasteiger partial charge in [0.25, 0.3) is 16.4 Å². The van der Waals surface area contributed by atoms with Gasteiger partial charge in [-0.3, -0.25) is 0 Å². The summed E-state index contributed by atoms with van der Waals surface area (Å²) in [6, 6.07) is 1.14. The molecule has 0 aromatic carbocycles. The second-order valence-corrected chi connectivity index (χ2v) is 5.38. The maximum atomic E-state index is 12.3. The van der Waals surface area contributed by atoms with Crippen LogP contribution in [0.2, 0.25) is 0 Å². The summed E-state index contributed by atoms with van der Waals surface area (Å²) in [5.41, 5.74) is -0.179. The van der Waals surface area contributed by atoms with Crippen LogP contribution in [0.3, 0.4) is 0 Å². The predicted octanol–water partition coefficient (Wildman–Crippen LogP) is 1.58. The Morgan fingerprint density at radius 2 is 2.07 bits per heavy atom. The molecule has 0 spiro atoms. The lowest BCUT2D eigenvalue weighted by atomic mass is 10.2. The van der Waals surface area contributed by atoms with E-state index in [9.17, 15) is 17.2 Å². The summed E-state index contributed by atoms with van der Waals surface area (Å²) < 4.78 is 47.0. The molecule has 1 rings (SSSR count). The van der Waals surface area contributed by atoms with Crippen LogP contribution in [-0.2, 0) is 10.0 Å². The van der Waals surface area contributed by atoms with E-state index in [0.717, 1.165) is 6.07 Å². The van der Waals surface area contributed by atoms with Crippen LogP contribution < -0.4 is 5.14 Å². The van der Waals surface area contributed by atoms with Crippen molar-refractivity contribution in [1.29, 1.82) is 0 Å². The van der Waals surface area contributed by atoms with Crippen LogP contribution in [0.1, 0.15) is 17.7 Å². The first-order chi connectivity index (χ1) is 6.73. The van der Waals surface area contributed by atoms with Crippen molar-refractivity contribution in [3.8, 4) is 0 Å². The molecule has 0 unspecified atom stereocenters. The number of aromatic nitrogens is 1. The molecule has 84 valence electrons. The van der Waals surface area contributed by atoms with E-state index in [0.29, 0.717) is 5.56 Å². The van der Waals surface area contributed by atoms with Crippen molar-refractivity contribution in [2.24, 2.45) is 5.14 Å². The summed E-state index contributed by atoms with van der Waals surface area (Å²) >= 11 is 1.70. The highest BCUT2D eigenvalue weighted by atomic mass is 127. The molecular formula is C7H7F2IN2O2S. The lowest BCUT2D eigenvalue weighted by Crippen LogP contribution is -2.17. The topological polar surface area (TPSA) is 73.0 Å². The number of rotatable bonds is 2. The lowest BCUT2D eigenvalue weighted by Gasteiger charge is -2.07. The fourth-order valence-corrected chi connectivity index (χ4v) is 2.79. The largest absolute Gasteiger partial charge is 0.280 e. The molecule has 0 fully saturated rings. The Kier molecular flexibility index (Phi) is 3.61. The van der Waals surface area contributed by atoms with Gasteiger partial charge in [0.15, 0.2) is 5.03 Å². The second kappa shape index (κ2) is 4.26. The summed E-state index contributed by atoms with van der Waals surface area (Å²) in [6.07, 6.45) is -2.82. The summed E-state index contributed by atoms with van der Waals surface area (Å²) in [6.45, 7) is 1.52. The number of halogens is 3. The van der Waals surface area contributed by atoms with Gasteiger partial charge in [0, 0.05) is 0 Å². The summed E-state index contributed by atoms with van der Waals surface area (Å²) in [5.74, 6) is 0. The monoisotopic (exact) mass is 348 g/mol. The van der Waals surface area contributed by atoms with E-state index in [1.165, 1.54) is 6.92 Å². The minimum Gasteiger partial charge on any atom is -0.233 e. The van der Waals surface area contributed by atoms with Crippen LogP contribution in [0.4, 0.5) is 8.78 Å². The minimum absolute atomic E-state index is 0.263. The third-order valence-electron chi connectivity index (χ3n) is 1.62. The third-order valence-corrected chi connectivity index (χ3v) is 4.18. The molecule has 1 aromatic rings. The Morgan fingerprint density at radius 1 is 1.53 bits per heavy atom. The average molecular weight is 348 g/mol. The van der Waals surface area contributed by atoms with Crippen LogP contribution in [0.15, 0.2) is 11.1 Å². The van der Waals surface area contributed by atoms with Gasteiger partial charge in [-0.2, -0.15) is 0 Å². The molecule has 0 radical (unpaired) electrons. The Bertz CT molecular complexity index is 490. The van der Waals surface area contributed by atoms with Crippen molar-refractivity contribution >= 4 is 32.6 Å². The summed E-state index contributed by atoms with van der Waals surface area (Å²) in [4.78, 5) is 3.33. The number of nitrogens with zero attached hydrogens (tertiary/aromatic N) is 1. The quantitative estimate of drug-likeness (QED) is 0.825. The molecule has 0 aliphatic rings. The molecule has 2 N–H and O–H groups in total. The number of nitrogens with two attached hydrogens (primary N) is 1. The first-order valence-corrected chi connectivity index (χ1v) is 6.34. The number of sulfonamides is 1. The van der Waals surface area contributed by atoms with Crippen molar-refractivity contribution in [3.63, 3.8) is 0 Å². The maximum Gasteiger partial charge on any atom is 0.280 e. The number of aryl methyl sites for hydroxylation is 1. The number of pyridine rings is 1. The zero-order chi connectivity index (χ0) is 11.8. The van der Waals surface area contributed by atoms with E-state index < -0.39 is 27.2 Å². The molecule has 0 saturated heterocycles. The maximum absolute atomic E-state index is 12.3. The van der Waals surface area contributed by atoms with Crippen molar-refractivity contribution in [3.05, 3.63) is 20.9 Å². The van der Waals surface area contributed by atoms with E-state index in [-0.39, 0.29) is 3.57 Å². The number of primary sulfonamides is 1. The highest BCUT2D eigenvalue weighted by Crippen LogP contribution is 2.24. The lowest BCUT2D eigenvalue weighted by molar-refractivity contribution is 0.145. The number of alkyl halides is 2. The van der Waals surface area contributed by atoms with Gasteiger partial charge in [0.1, 0.15) is 5.69 Å². The molecule has 8 heteroatoms. The molecule has 1 aromatic heterocycles. The molecule has 15 heavy (non-hydrogen) atoms. The Morgan fingerprint density at radius 3 is 2.47 bits per heavy atom. The Balaban J connectivity index is 3.52. The van der Waals surface area contributed by atoms with Crippen LogP contribution in [0.5, 0.6) is 0 Å². The van der Waals surface area contributed by atoms with Gasteiger partial charge in [0.2, 0.25) is 0 Å². The van der Waals surface area contributed by atoms with Gasteiger partial charge in [-0.25, -0.2) is 27.3 Å². The molecule has 0 atom stereocenters. The van der Waals surface area contributed by atoms with Gasteiger partial charge in [-0.05, 0) is 41.1 Å². The number of hydrogen-bond donors (Lipinski definition) is 1. The van der Waals surface area contributed by atoms with Gasteiger partial charge in [-0.15, -0.1) is 0 Å². The number of hydrogen-bond acceptors (Lipinski definition) is 3. The van der Waals surface area contributed by atoms with Crippen molar-refractivity contribution in [2.45, 2.75) is 18.4 Å².